The van der Waals surface area contributed by atoms with Gasteiger partial charge in [0.05, 0.1) is 18.2 Å². The third kappa shape index (κ3) is 5.62. The molecule has 0 N–H and O–H groups in total. The molecule has 0 unspecified atom stereocenters. The number of ether oxygens (including phenoxy) is 2. The number of rotatable bonds is 7. The number of piperazine rings is 1. The van der Waals surface area contributed by atoms with Crippen molar-refractivity contribution >= 4 is 39.8 Å². The lowest BCUT2D eigenvalue weighted by atomic mass is 9.94. The quantitative estimate of drug-likeness (QED) is 0.386. The smallest absolute Gasteiger partial charge is 0.246 e. The van der Waals surface area contributed by atoms with Gasteiger partial charge in [0, 0.05) is 81.1 Å². The number of hydrogen-bond donors (Lipinski definition) is 0. The Morgan fingerprint density at radius 3 is 2.55 bits per heavy atom. The van der Waals surface area contributed by atoms with Crippen LogP contribution in [0.15, 0.2) is 49.1 Å². The van der Waals surface area contributed by atoms with E-state index in [1.165, 1.54) is 6.08 Å². The van der Waals surface area contributed by atoms with Crippen molar-refractivity contribution in [1.82, 2.24) is 14.8 Å². The molecule has 0 spiro atoms. The van der Waals surface area contributed by atoms with E-state index in [0.29, 0.717) is 55.8 Å². The Kier molecular flexibility index (Phi) is 8.47. The lowest BCUT2D eigenvalue weighted by molar-refractivity contribution is -0.126. The first kappa shape index (κ1) is 28.3. The minimum atomic E-state index is -0.0546. The maximum atomic E-state index is 12.2. The SMILES string of the molecule is C=CC(=O)N1CCN(c2nc(OCCN3CCOCC3)c(C#N)c3c2CCN(c2cccc4cccc(Cl)c24)C3)CC1. The van der Waals surface area contributed by atoms with Crippen LogP contribution in [0, 0.1) is 11.3 Å². The minimum absolute atomic E-state index is 0.0546. The van der Waals surface area contributed by atoms with Gasteiger partial charge in [-0.2, -0.15) is 10.2 Å². The fourth-order valence-electron chi connectivity index (χ4n) is 6.18. The maximum absolute atomic E-state index is 12.2. The molecule has 2 aromatic carbocycles. The predicted molar refractivity (Wildman–Crippen MR) is 164 cm³/mol. The van der Waals surface area contributed by atoms with Crippen molar-refractivity contribution in [3.63, 3.8) is 0 Å². The lowest BCUT2D eigenvalue weighted by Gasteiger charge is -2.39. The summed E-state index contributed by atoms with van der Waals surface area (Å²) in [5.74, 6) is 1.18. The topological polar surface area (TPSA) is 85.2 Å². The second-order valence-electron chi connectivity index (χ2n) is 10.8. The number of hydrogen-bond acceptors (Lipinski definition) is 8. The zero-order valence-corrected chi connectivity index (χ0v) is 24.5. The molecule has 218 valence electrons. The minimum Gasteiger partial charge on any atom is -0.475 e. The van der Waals surface area contributed by atoms with Gasteiger partial charge in [-0.15, -0.1) is 0 Å². The number of nitrogens with zero attached hydrogens (tertiary/aromatic N) is 6. The van der Waals surface area contributed by atoms with Gasteiger partial charge >= 0.3 is 0 Å². The van der Waals surface area contributed by atoms with Crippen molar-refractivity contribution in [1.29, 1.82) is 5.26 Å². The Labute approximate surface area is 251 Å². The van der Waals surface area contributed by atoms with E-state index in [0.717, 1.165) is 79.2 Å². The molecule has 2 saturated heterocycles. The molecule has 1 amide bonds. The standard InChI is InChI=1S/C32H35ClN6O3/c1-2-29(40)37-11-13-38(14-12-37)31-24-9-10-39(28-8-4-6-23-5-3-7-27(33)30(23)28)22-26(24)25(21-34)32(35-31)42-20-17-36-15-18-41-19-16-36/h2-8H,1,9-20,22H2. The average molecular weight is 587 g/mol. The number of carbonyl (C=O) groups excluding carboxylic acids is 1. The first-order chi connectivity index (χ1) is 20.6. The molecule has 3 aliphatic heterocycles. The van der Waals surface area contributed by atoms with Crippen molar-refractivity contribution in [2.24, 2.45) is 0 Å². The number of benzene rings is 2. The van der Waals surface area contributed by atoms with E-state index in [4.69, 9.17) is 26.1 Å². The molecule has 0 aliphatic carbocycles. The van der Waals surface area contributed by atoms with Crippen LogP contribution < -0.4 is 14.5 Å². The first-order valence-electron chi connectivity index (χ1n) is 14.5. The third-order valence-corrected chi connectivity index (χ3v) is 8.75. The van der Waals surface area contributed by atoms with Crippen LogP contribution in [0.2, 0.25) is 5.02 Å². The number of aromatic nitrogens is 1. The monoisotopic (exact) mass is 586 g/mol. The highest BCUT2D eigenvalue weighted by atomic mass is 35.5. The van der Waals surface area contributed by atoms with E-state index >= 15 is 0 Å². The molecular weight excluding hydrogens is 552 g/mol. The first-order valence-corrected chi connectivity index (χ1v) is 14.9. The van der Waals surface area contributed by atoms with Crippen molar-refractivity contribution in [3.05, 3.63) is 70.8 Å². The van der Waals surface area contributed by atoms with Crippen molar-refractivity contribution < 1.29 is 14.3 Å². The van der Waals surface area contributed by atoms with E-state index in [1.54, 1.807) is 0 Å². The normalized spacial score (nSPS) is 17.6. The Hall–Kier alpha value is -3.84. The van der Waals surface area contributed by atoms with E-state index < -0.39 is 0 Å². The van der Waals surface area contributed by atoms with Crippen LogP contribution in [0.3, 0.4) is 0 Å². The molecule has 0 radical (unpaired) electrons. The molecule has 0 atom stereocenters. The van der Waals surface area contributed by atoms with Gasteiger partial charge in [0.1, 0.15) is 24.1 Å². The highest BCUT2D eigenvalue weighted by Gasteiger charge is 2.31. The molecule has 0 saturated carbocycles. The van der Waals surface area contributed by atoms with Gasteiger partial charge in [-0.05, 0) is 30.0 Å². The second kappa shape index (κ2) is 12.6. The number of amides is 1. The summed E-state index contributed by atoms with van der Waals surface area (Å²) in [6.45, 7) is 11.8. The van der Waals surface area contributed by atoms with Crippen LogP contribution in [0.4, 0.5) is 11.5 Å². The largest absolute Gasteiger partial charge is 0.475 e. The van der Waals surface area contributed by atoms with Gasteiger partial charge in [0.25, 0.3) is 0 Å². The molecule has 9 nitrogen and oxygen atoms in total. The van der Waals surface area contributed by atoms with Gasteiger partial charge < -0.3 is 24.2 Å². The fraction of sp³-hybridized carbons (Fsp3) is 0.406. The van der Waals surface area contributed by atoms with Gasteiger partial charge in [-0.3, -0.25) is 9.69 Å². The van der Waals surface area contributed by atoms with Crippen LogP contribution in [0.1, 0.15) is 16.7 Å². The summed E-state index contributed by atoms with van der Waals surface area (Å²) in [5.41, 5.74) is 3.58. The number of nitriles is 1. The zero-order valence-electron chi connectivity index (χ0n) is 23.7. The molecule has 42 heavy (non-hydrogen) atoms. The van der Waals surface area contributed by atoms with Crippen molar-refractivity contribution in [2.45, 2.75) is 13.0 Å². The lowest BCUT2D eigenvalue weighted by Crippen LogP contribution is -2.49. The molecule has 2 fully saturated rings. The summed E-state index contributed by atoms with van der Waals surface area (Å²) in [6.07, 6.45) is 2.10. The average Bonchev–Trinajstić information content (AvgIpc) is 3.04. The fourth-order valence-corrected chi connectivity index (χ4v) is 6.46. The second-order valence-corrected chi connectivity index (χ2v) is 11.2. The summed E-state index contributed by atoms with van der Waals surface area (Å²) in [7, 11) is 0. The van der Waals surface area contributed by atoms with Gasteiger partial charge in [0.15, 0.2) is 0 Å². The molecule has 6 rings (SSSR count). The molecule has 4 heterocycles. The number of anilines is 2. The van der Waals surface area contributed by atoms with Crippen molar-refractivity contribution in [3.8, 4) is 11.9 Å². The number of fused-ring (bicyclic) bond motifs is 2. The Balaban J connectivity index is 1.34. The summed E-state index contributed by atoms with van der Waals surface area (Å²) in [5, 5.41) is 13.2. The molecule has 0 bridgehead atoms. The number of carbonyl (C=O) groups is 1. The van der Waals surface area contributed by atoms with Crippen molar-refractivity contribution in [2.75, 3.05) is 82.0 Å². The van der Waals surface area contributed by atoms with Crippen LogP contribution in [-0.4, -0.2) is 92.9 Å². The summed E-state index contributed by atoms with van der Waals surface area (Å²) < 4.78 is 11.7. The van der Waals surface area contributed by atoms with Gasteiger partial charge in [0.2, 0.25) is 11.8 Å². The van der Waals surface area contributed by atoms with Gasteiger partial charge in [-0.1, -0.05) is 42.4 Å². The van der Waals surface area contributed by atoms with E-state index in [2.05, 4.69) is 51.6 Å². The van der Waals surface area contributed by atoms with E-state index in [9.17, 15) is 10.1 Å². The number of morpholine rings is 1. The maximum Gasteiger partial charge on any atom is 0.246 e. The van der Waals surface area contributed by atoms with Gasteiger partial charge in [-0.25, -0.2) is 0 Å². The predicted octanol–water partition coefficient (Wildman–Crippen LogP) is 3.87. The molecule has 10 heteroatoms. The molecule has 3 aromatic rings. The number of halogens is 1. The van der Waals surface area contributed by atoms with Crippen LogP contribution >= 0.6 is 11.6 Å². The Bertz CT molecular complexity index is 1520. The van der Waals surface area contributed by atoms with Crippen LogP contribution in [0.25, 0.3) is 10.8 Å². The summed E-state index contributed by atoms with van der Waals surface area (Å²) in [4.78, 5) is 25.8. The van der Waals surface area contributed by atoms with E-state index in [-0.39, 0.29) is 5.91 Å². The van der Waals surface area contributed by atoms with E-state index in [1.807, 2.05) is 17.0 Å². The highest BCUT2D eigenvalue weighted by molar-refractivity contribution is 6.36. The number of pyridine rings is 1. The third-order valence-electron chi connectivity index (χ3n) is 8.44. The zero-order chi connectivity index (χ0) is 29.1. The Morgan fingerprint density at radius 1 is 1.05 bits per heavy atom. The summed E-state index contributed by atoms with van der Waals surface area (Å²) in [6, 6.07) is 14.6. The van der Waals surface area contributed by atoms with Crippen LogP contribution in [0.5, 0.6) is 5.88 Å². The Morgan fingerprint density at radius 2 is 1.81 bits per heavy atom. The van der Waals surface area contributed by atoms with Crippen LogP contribution in [-0.2, 0) is 22.5 Å². The molecular formula is C32H35ClN6O3. The summed E-state index contributed by atoms with van der Waals surface area (Å²) >= 11 is 6.70. The molecule has 1 aromatic heterocycles. The molecule has 3 aliphatic rings. The highest BCUT2D eigenvalue weighted by Crippen LogP contribution is 2.39.